The van der Waals surface area contributed by atoms with Gasteiger partial charge in [0.15, 0.2) is 0 Å². The summed E-state index contributed by atoms with van der Waals surface area (Å²) in [6, 6.07) is 4.70. The molecule has 0 saturated heterocycles. The molecule has 0 aliphatic heterocycles. The first-order valence-electron chi connectivity index (χ1n) is 3.74. The number of benzene rings is 1. The molecule has 8 heteroatoms. The van der Waals surface area contributed by atoms with Gasteiger partial charge in [-0.1, -0.05) is 0 Å². The van der Waals surface area contributed by atoms with Crippen molar-refractivity contribution in [1.82, 2.24) is 0 Å². The Morgan fingerprint density at radius 1 is 1.06 bits per heavy atom. The lowest BCUT2D eigenvalue weighted by molar-refractivity contribution is -0.384. The number of carboxylic acids is 1. The highest BCUT2D eigenvalue weighted by Crippen LogP contribution is 2.11. The molecule has 0 amide bonds. The van der Waals surface area contributed by atoms with Gasteiger partial charge in [-0.3, -0.25) is 10.1 Å². The van der Waals surface area contributed by atoms with Gasteiger partial charge < -0.3 is 15.3 Å². The van der Waals surface area contributed by atoms with E-state index in [4.69, 9.17) is 20.1 Å². The predicted octanol–water partition coefficient (Wildman–Crippen LogP) is 1.52. The third-order valence-electron chi connectivity index (χ3n) is 1.33. The summed E-state index contributed by atoms with van der Waals surface area (Å²) in [5.41, 5.74) is -0.0689. The summed E-state index contributed by atoms with van der Waals surface area (Å²) in [7, 11) is 0. The van der Waals surface area contributed by atoms with Crippen LogP contribution in [0.25, 0.3) is 0 Å². The third kappa shape index (κ3) is 5.17. The van der Waals surface area contributed by atoms with Crippen molar-refractivity contribution in [2.75, 3.05) is 0 Å². The summed E-state index contributed by atoms with van der Waals surface area (Å²) >= 11 is 0. The van der Waals surface area contributed by atoms with E-state index in [0.29, 0.717) is 0 Å². The maximum atomic E-state index is 10.3. The molecule has 0 unspecified atom stereocenters. The van der Waals surface area contributed by atoms with Gasteiger partial charge in [0.2, 0.25) is 0 Å². The van der Waals surface area contributed by atoms with E-state index in [-0.39, 0.29) is 11.3 Å². The van der Waals surface area contributed by atoms with Gasteiger partial charge in [0, 0.05) is 12.1 Å². The molecule has 0 atom stereocenters. The van der Waals surface area contributed by atoms with E-state index >= 15 is 0 Å². The number of rotatable bonds is 2. The normalized spacial score (nSPS) is 8.50. The second-order valence-corrected chi connectivity index (χ2v) is 2.39. The summed E-state index contributed by atoms with van der Waals surface area (Å²) in [5.74, 6) is -1.09. The second kappa shape index (κ2) is 5.96. The van der Waals surface area contributed by atoms with Crippen molar-refractivity contribution in [3.8, 4) is 0 Å². The maximum absolute atomic E-state index is 10.3. The summed E-state index contributed by atoms with van der Waals surface area (Å²) in [6.45, 7) is 0. The van der Waals surface area contributed by atoms with Gasteiger partial charge in [-0.25, -0.2) is 9.59 Å². The molecule has 16 heavy (non-hydrogen) atoms. The fourth-order valence-electron chi connectivity index (χ4n) is 0.726. The van der Waals surface area contributed by atoms with Crippen LogP contribution < -0.4 is 0 Å². The molecule has 8 nitrogen and oxygen atoms in total. The highest BCUT2D eigenvalue weighted by atomic mass is 16.6. The Hall–Kier alpha value is -2.64. The van der Waals surface area contributed by atoms with E-state index in [1.807, 2.05) is 0 Å². The third-order valence-corrected chi connectivity index (χ3v) is 1.33. The van der Waals surface area contributed by atoms with Crippen LogP contribution >= 0.6 is 0 Å². The highest BCUT2D eigenvalue weighted by Gasteiger charge is 2.06. The van der Waals surface area contributed by atoms with Crippen molar-refractivity contribution in [3.63, 3.8) is 0 Å². The minimum Gasteiger partial charge on any atom is -0.478 e. The van der Waals surface area contributed by atoms with E-state index in [0.717, 1.165) is 12.1 Å². The molecule has 0 aliphatic rings. The molecule has 0 bridgehead atoms. The van der Waals surface area contributed by atoms with Crippen molar-refractivity contribution in [3.05, 3.63) is 39.9 Å². The number of hydrogen-bond donors (Lipinski definition) is 3. The summed E-state index contributed by atoms with van der Waals surface area (Å²) in [5, 5.41) is 32.5. The van der Waals surface area contributed by atoms with Crippen LogP contribution in [0.1, 0.15) is 10.4 Å². The van der Waals surface area contributed by atoms with Crippen LogP contribution in [0.3, 0.4) is 0 Å². The van der Waals surface area contributed by atoms with Crippen LogP contribution in [-0.2, 0) is 0 Å². The van der Waals surface area contributed by atoms with Crippen LogP contribution in [0, 0.1) is 10.1 Å². The van der Waals surface area contributed by atoms with Crippen LogP contribution in [0.5, 0.6) is 0 Å². The zero-order valence-corrected chi connectivity index (χ0v) is 7.73. The molecule has 0 spiro atoms. The molecule has 0 radical (unpaired) electrons. The Labute approximate surface area is 88.5 Å². The zero-order chi connectivity index (χ0) is 12.7. The fraction of sp³-hybridized carbons (Fsp3) is 0. The van der Waals surface area contributed by atoms with Crippen molar-refractivity contribution >= 4 is 17.8 Å². The Morgan fingerprint density at radius 3 is 1.69 bits per heavy atom. The summed E-state index contributed by atoms with van der Waals surface area (Å²) in [6.07, 6.45) is -1.83. The molecule has 0 aromatic heterocycles. The van der Waals surface area contributed by atoms with Gasteiger partial charge >= 0.3 is 12.1 Å². The quantitative estimate of drug-likeness (QED) is 0.516. The standard InChI is InChI=1S/C7H5NO4.CH2O3/c9-7(10)5-1-3-6(4-2-5)8(11)12;2-1(3)4/h1-4H,(H,9,10);(H2,2,3,4). The van der Waals surface area contributed by atoms with Gasteiger partial charge in [-0.2, -0.15) is 0 Å². The lowest BCUT2D eigenvalue weighted by Gasteiger charge is -1.92. The Balaban J connectivity index is 0.000000487. The van der Waals surface area contributed by atoms with E-state index in [2.05, 4.69) is 0 Å². The van der Waals surface area contributed by atoms with E-state index in [1.165, 1.54) is 12.1 Å². The molecule has 1 rings (SSSR count). The first kappa shape index (κ1) is 13.4. The van der Waals surface area contributed by atoms with Crippen LogP contribution in [0.4, 0.5) is 10.5 Å². The Kier molecular flexibility index (Phi) is 4.98. The van der Waals surface area contributed by atoms with Gasteiger partial charge in [-0.05, 0) is 12.1 Å². The van der Waals surface area contributed by atoms with Gasteiger partial charge in [-0.15, -0.1) is 0 Å². The number of carbonyl (C=O) groups is 2. The van der Waals surface area contributed by atoms with E-state index < -0.39 is 17.0 Å². The molecule has 1 aromatic carbocycles. The topological polar surface area (TPSA) is 138 Å². The molecule has 0 saturated carbocycles. The smallest absolute Gasteiger partial charge is 0.478 e. The van der Waals surface area contributed by atoms with Gasteiger partial charge in [0.25, 0.3) is 5.69 Å². The lowest BCUT2D eigenvalue weighted by atomic mass is 10.2. The predicted molar refractivity (Wildman–Crippen MR) is 50.7 cm³/mol. The lowest BCUT2D eigenvalue weighted by Crippen LogP contribution is -1.96. The zero-order valence-electron chi connectivity index (χ0n) is 7.73. The monoisotopic (exact) mass is 229 g/mol. The first-order chi connectivity index (χ1) is 7.34. The van der Waals surface area contributed by atoms with Crippen molar-refractivity contribution in [2.24, 2.45) is 0 Å². The average Bonchev–Trinajstić information content (AvgIpc) is 2.17. The molecular weight excluding hydrogens is 222 g/mol. The van der Waals surface area contributed by atoms with Crippen molar-refractivity contribution in [2.45, 2.75) is 0 Å². The number of nitro benzene ring substituents is 1. The fourth-order valence-corrected chi connectivity index (χ4v) is 0.726. The number of hydrogen-bond acceptors (Lipinski definition) is 4. The molecular formula is C8H7NO7. The first-order valence-corrected chi connectivity index (χ1v) is 3.74. The van der Waals surface area contributed by atoms with Crippen molar-refractivity contribution < 1.29 is 29.8 Å². The number of nitro groups is 1. The van der Waals surface area contributed by atoms with Crippen LogP contribution in [-0.4, -0.2) is 32.4 Å². The number of non-ortho nitro benzene ring substituents is 1. The molecule has 3 N–H and O–H groups in total. The largest absolute Gasteiger partial charge is 0.503 e. The summed E-state index contributed by atoms with van der Waals surface area (Å²) in [4.78, 5) is 28.4. The number of carboxylic acid groups (broad SMARTS) is 3. The van der Waals surface area contributed by atoms with Crippen molar-refractivity contribution in [1.29, 1.82) is 0 Å². The SMILES string of the molecule is O=C(O)O.O=C(O)c1ccc([N+](=O)[O-])cc1. The van der Waals surface area contributed by atoms with Gasteiger partial charge in [0.1, 0.15) is 0 Å². The summed E-state index contributed by atoms with van der Waals surface area (Å²) < 4.78 is 0. The van der Waals surface area contributed by atoms with E-state index in [9.17, 15) is 14.9 Å². The number of nitrogens with zero attached hydrogens (tertiary/aromatic N) is 1. The number of aromatic carboxylic acids is 1. The molecule has 0 heterocycles. The minimum atomic E-state index is -1.83. The average molecular weight is 229 g/mol. The minimum absolute atomic E-state index is 0.0422. The molecule has 0 aliphatic carbocycles. The molecule has 1 aromatic rings. The van der Waals surface area contributed by atoms with Crippen LogP contribution in [0.2, 0.25) is 0 Å². The maximum Gasteiger partial charge on any atom is 0.503 e. The molecule has 86 valence electrons. The molecule has 0 fully saturated rings. The Bertz CT molecular complexity index is 360. The highest BCUT2D eigenvalue weighted by molar-refractivity contribution is 5.87. The van der Waals surface area contributed by atoms with Gasteiger partial charge in [0.05, 0.1) is 10.5 Å². The van der Waals surface area contributed by atoms with E-state index in [1.54, 1.807) is 0 Å². The second-order valence-electron chi connectivity index (χ2n) is 2.39. The Morgan fingerprint density at radius 2 is 1.44 bits per heavy atom. The van der Waals surface area contributed by atoms with Crippen LogP contribution in [0.15, 0.2) is 24.3 Å².